The maximum Gasteiger partial charge on any atom is 0.131 e. The largest absolute Gasteiger partial charge is 0.496 e. The molecule has 0 aromatic heterocycles. The second-order valence-electron chi connectivity index (χ2n) is 4.70. The summed E-state index contributed by atoms with van der Waals surface area (Å²) in [7, 11) is 1.53. The second kappa shape index (κ2) is 6.84. The van der Waals surface area contributed by atoms with Crippen molar-refractivity contribution >= 4 is 0 Å². The highest BCUT2D eigenvalue weighted by Gasteiger charge is 2.18. The summed E-state index contributed by atoms with van der Waals surface area (Å²) in [6.07, 6.45) is 0.706. The van der Waals surface area contributed by atoms with Crippen molar-refractivity contribution in [1.29, 1.82) is 0 Å². The number of nitrogens with zero attached hydrogens (tertiary/aromatic N) is 1. The number of methoxy groups -OCH3 is 1. The van der Waals surface area contributed by atoms with Crippen LogP contribution in [0.5, 0.6) is 5.75 Å². The summed E-state index contributed by atoms with van der Waals surface area (Å²) in [5, 5.41) is 0. The third kappa shape index (κ3) is 3.65. The fourth-order valence-electron chi connectivity index (χ4n) is 2.35. The molecule has 2 rings (SSSR count). The third-order valence-electron chi connectivity index (χ3n) is 3.46. The van der Waals surface area contributed by atoms with E-state index in [4.69, 9.17) is 15.2 Å². The molecule has 4 nitrogen and oxygen atoms in total. The predicted molar refractivity (Wildman–Crippen MR) is 71.8 cm³/mol. The minimum absolute atomic E-state index is 0.297. The van der Waals surface area contributed by atoms with Crippen LogP contribution in [0.25, 0.3) is 0 Å². The highest BCUT2D eigenvalue weighted by molar-refractivity contribution is 5.37. The lowest BCUT2D eigenvalue weighted by Gasteiger charge is -2.27. The van der Waals surface area contributed by atoms with Gasteiger partial charge < -0.3 is 15.2 Å². The van der Waals surface area contributed by atoms with Gasteiger partial charge >= 0.3 is 0 Å². The minimum Gasteiger partial charge on any atom is -0.496 e. The van der Waals surface area contributed by atoms with E-state index >= 15 is 0 Å². The number of hydrogen-bond donors (Lipinski definition) is 1. The zero-order valence-electron chi connectivity index (χ0n) is 11.3. The van der Waals surface area contributed by atoms with Crippen LogP contribution in [0.1, 0.15) is 18.0 Å². The van der Waals surface area contributed by atoms with Crippen molar-refractivity contribution in [3.8, 4) is 5.75 Å². The van der Waals surface area contributed by atoms with E-state index in [1.165, 1.54) is 13.2 Å². The van der Waals surface area contributed by atoms with Crippen molar-refractivity contribution in [3.63, 3.8) is 0 Å². The normalized spacial score (nSPS) is 18.3. The summed E-state index contributed by atoms with van der Waals surface area (Å²) in [6.45, 7) is 4.21. The van der Waals surface area contributed by atoms with Crippen LogP contribution < -0.4 is 10.5 Å². The summed E-state index contributed by atoms with van der Waals surface area (Å²) in [5.41, 5.74) is 6.58. The number of halogens is 1. The predicted octanol–water partition coefficient (Wildman–Crippen LogP) is 1.56. The summed E-state index contributed by atoms with van der Waals surface area (Å²) < 4.78 is 24.3. The molecule has 0 spiro atoms. The highest BCUT2D eigenvalue weighted by Crippen LogP contribution is 2.28. The fraction of sp³-hybridized carbons (Fsp3) is 0.571. The molecule has 0 aliphatic carbocycles. The Bertz CT molecular complexity index is 408. The van der Waals surface area contributed by atoms with E-state index in [1.807, 2.05) is 0 Å². The molecule has 106 valence electrons. The van der Waals surface area contributed by atoms with Crippen molar-refractivity contribution in [1.82, 2.24) is 4.90 Å². The van der Waals surface area contributed by atoms with Crippen LogP contribution in [0.15, 0.2) is 18.2 Å². The number of rotatable bonds is 5. The third-order valence-corrected chi connectivity index (χ3v) is 3.46. The van der Waals surface area contributed by atoms with E-state index in [0.29, 0.717) is 17.7 Å². The zero-order chi connectivity index (χ0) is 13.7. The van der Waals surface area contributed by atoms with Gasteiger partial charge in [-0.3, -0.25) is 4.90 Å². The van der Waals surface area contributed by atoms with E-state index in [0.717, 1.165) is 32.8 Å². The molecule has 1 aromatic carbocycles. The van der Waals surface area contributed by atoms with Crippen molar-refractivity contribution in [2.45, 2.75) is 12.5 Å². The van der Waals surface area contributed by atoms with Crippen LogP contribution in [0.2, 0.25) is 0 Å². The maximum absolute atomic E-state index is 13.9. The van der Waals surface area contributed by atoms with Gasteiger partial charge in [-0.1, -0.05) is 6.07 Å². The summed E-state index contributed by atoms with van der Waals surface area (Å²) in [4.78, 5) is 2.29. The van der Waals surface area contributed by atoms with Gasteiger partial charge in [-0.2, -0.15) is 0 Å². The number of hydrogen-bond acceptors (Lipinski definition) is 4. The Balaban J connectivity index is 1.97. The van der Waals surface area contributed by atoms with Crippen LogP contribution in [-0.2, 0) is 4.74 Å². The SMILES string of the molecule is COc1cccc(F)c1C(N)CCN1CCOCC1. The van der Waals surface area contributed by atoms with Gasteiger partial charge in [0.1, 0.15) is 11.6 Å². The number of ether oxygens (including phenoxy) is 2. The molecule has 1 aliphatic heterocycles. The van der Waals surface area contributed by atoms with E-state index in [2.05, 4.69) is 4.90 Å². The average Bonchev–Trinajstić information content (AvgIpc) is 2.45. The molecule has 2 N–H and O–H groups in total. The Morgan fingerprint density at radius 3 is 2.84 bits per heavy atom. The minimum atomic E-state index is -0.348. The van der Waals surface area contributed by atoms with Crippen LogP contribution in [0.3, 0.4) is 0 Å². The van der Waals surface area contributed by atoms with E-state index < -0.39 is 0 Å². The van der Waals surface area contributed by atoms with E-state index in [-0.39, 0.29) is 11.9 Å². The lowest BCUT2D eigenvalue weighted by molar-refractivity contribution is 0.0365. The molecule has 0 amide bonds. The molecule has 1 heterocycles. The van der Waals surface area contributed by atoms with Crippen molar-refractivity contribution < 1.29 is 13.9 Å². The highest BCUT2D eigenvalue weighted by atomic mass is 19.1. The molecule has 1 atom stereocenters. The molecule has 1 unspecified atom stereocenters. The van der Waals surface area contributed by atoms with Crippen molar-refractivity contribution in [2.24, 2.45) is 5.73 Å². The fourth-order valence-corrected chi connectivity index (χ4v) is 2.35. The Morgan fingerprint density at radius 2 is 2.16 bits per heavy atom. The number of morpholine rings is 1. The topological polar surface area (TPSA) is 47.7 Å². The number of benzene rings is 1. The van der Waals surface area contributed by atoms with E-state index in [9.17, 15) is 4.39 Å². The lowest BCUT2D eigenvalue weighted by Crippen LogP contribution is -2.37. The van der Waals surface area contributed by atoms with Gasteiger partial charge in [0.25, 0.3) is 0 Å². The van der Waals surface area contributed by atoms with Gasteiger partial charge in [0.2, 0.25) is 0 Å². The average molecular weight is 268 g/mol. The smallest absolute Gasteiger partial charge is 0.131 e. The van der Waals surface area contributed by atoms with E-state index in [1.54, 1.807) is 12.1 Å². The Kier molecular flexibility index (Phi) is 5.13. The molecule has 1 aromatic rings. The first-order valence-corrected chi connectivity index (χ1v) is 6.60. The Labute approximate surface area is 113 Å². The molecule has 1 aliphatic rings. The van der Waals surface area contributed by atoms with Crippen molar-refractivity contribution in [2.75, 3.05) is 40.0 Å². The van der Waals surface area contributed by atoms with Crippen LogP contribution in [-0.4, -0.2) is 44.9 Å². The Morgan fingerprint density at radius 1 is 1.42 bits per heavy atom. The van der Waals surface area contributed by atoms with Crippen LogP contribution >= 0.6 is 0 Å². The molecule has 1 fully saturated rings. The van der Waals surface area contributed by atoms with Crippen LogP contribution in [0.4, 0.5) is 4.39 Å². The zero-order valence-corrected chi connectivity index (χ0v) is 11.3. The monoisotopic (exact) mass is 268 g/mol. The quantitative estimate of drug-likeness (QED) is 0.880. The maximum atomic E-state index is 13.9. The first-order chi connectivity index (χ1) is 9.22. The first-order valence-electron chi connectivity index (χ1n) is 6.60. The van der Waals surface area contributed by atoms with Gasteiger partial charge in [0.15, 0.2) is 0 Å². The lowest BCUT2D eigenvalue weighted by atomic mass is 10.0. The van der Waals surface area contributed by atoms with Gasteiger partial charge in [0.05, 0.1) is 20.3 Å². The molecular formula is C14H21FN2O2. The van der Waals surface area contributed by atoms with Gasteiger partial charge in [0, 0.05) is 31.2 Å². The number of nitrogens with two attached hydrogens (primary N) is 1. The second-order valence-corrected chi connectivity index (χ2v) is 4.70. The van der Waals surface area contributed by atoms with Crippen molar-refractivity contribution in [3.05, 3.63) is 29.6 Å². The van der Waals surface area contributed by atoms with Gasteiger partial charge in [-0.05, 0) is 18.6 Å². The molecule has 19 heavy (non-hydrogen) atoms. The summed E-state index contributed by atoms with van der Waals surface area (Å²) in [6, 6.07) is 4.45. The molecule has 0 radical (unpaired) electrons. The standard InChI is InChI=1S/C14H21FN2O2/c1-18-13-4-2-3-11(15)14(13)12(16)5-6-17-7-9-19-10-8-17/h2-4,12H,5-10,16H2,1H3. The molecule has 0 bridgehead atoms. The molecule has 5 heteroatoms. The van der Waals surface area contributed by atoms with Gasteiger partial charge in [-0.25, -0.2) is 4.39 Å². The molecule has 0 saturated carbocycles. The Hall–Kier alpha value is -1.17. The molecule has 1 saturated heterocycles. The first kappa shape index (κ1) is 14.2. The van der Waals surface area contributed by atoms with Gasteiger partial charge in [-0.15, -0.1) is 0 Å². The van der Waals surface area contributed by atoms with Crippen LogP contribution in [0, 0.1) is 5.82 Å². The summed E-state index contributed by atoms with van der Waals surface area (Å²) in [5.74, 6) is 0.225. The summed E-state index contributed by atoms with van der Waals surface area (Å²) >= 11 is 0. The molecular weight excluding hydrogens is 247 g/mol.